The first-order valence-electron chi connectivity index (χ1n) is 8.46. The largest absolute Gasteiger partial charge is 0.341 e. The van der Waals surface area contributed by atoms with Crippen LogP contribution in [0.1, 0.15) is 36.5 Å². The molecule has 1 N–H and O–H groups in total. The standard InChI is InChI=1S/C18H24Cl2N2O2S/c1-12-4-3-8-22(11-12)18(24)16(7-9-25-2)21-17(23)14-6-5-13(19)10-15(14)20/h5-6,10,12,16H,3-4,7-9,11H2,1-2H3,(H,21,23). The van der Waals surface area contributed by atoms with Crippen molar-refractivity contribution in [1.29, 1.82) is 0 Å². The Labute approximate surface area is 163 Å². The van der Waals surface area contributed by atoms with Crippen molar-refractivity contribution >= 4 is 46.8 Å². The van der Waals surface area contributed by atoms with Crippen LogP contribution in [-0.4, -0.2) is 47.9 Å². The van der Waals surface area contributed by atoms with Crippen LogP contribution < -0.4 is 5.32 Å². The molecule has 138 valence electrons. The van der Waals surface area contributed by atoms with E-state index < -0.39 is 6.04 Å². The van der Waals surface area contributed by atoms with E-state index in [-0.39, 0.29) is 16.8 Å². The van der Waals surface area contributed by atoms with Crippen molar-refractivity contribution in [3.8, 4) is 0 Å². The van der Waals surface area contributed by atoms with Gasteiger partial charge in [0.15, 0.2) is 0 Å². The first-order chi connectivity index (χ1) is 11.9. The summed E-state index contributed by atoms with van der Waals surface area (Å²) in [6.07, 6.45) is 4.75. The van der Waals surface area contributed by atoms with E-state index in [1.54, 1.807) is 23.9 Å². The molecule has 0 radical (unpaired) electrons. The van der Waals surface area contributed by atoms with Gasteiger partial charge in [0.1, 0.15) is 6.04 Å². The van der Waals surface area contributed by atoms with Crippen molar-refractivity contribution in [3.63, 3.8) is 0 Å². The van der Waals surface area contributed by atoms with Gasteiger partial charge >= 0.3 is 0 Å². The van der Waals surface area contributed by atoms with Crippen LogP contribution in [0.15, 0.2) is 18.2 Å². The Morgan fingerprint density at radius 1 is 1.40 bits per heavy atom. The number of carbonyl (C=O) groups is 2. The average molecular weight is 403 g/mol. The van der Waals surface area contributed by atoms with Gasteiger partial charge in [-0.05, 0) is 55.4 Å². The maximum absolute atomic E-state index is 12.9. The van der Waals surface area contributed by atoms with Crippen LogP contribution in [0.4, 0.5) is 0 Å². The number of nitrogens with one attached hydrogen (secondary N) is 1. The summed E-state index contributed by atoms with van der Waals surface area (Å²) in [7, 11) is 0. The lowest BCUT2D eigenvalue weighted by molar-refractivity contribution is -0.135. The fourth-order valence-electron chi connectivity index (χ4n) is 3.01. The van der Waals surface area contributed by atoms with Crippen molar-refractivity contribution in [3.05, 3.63) is 33.8 Å². The van der Waals surface area contributed by atoms with Crippen LogP contribution in [0.2, 0.25) is 10.0 Å². The molecule has 1 aliphatic heterocycles. The van der Waals surface area contributed by atoms with Crippen molar-refractivity contribution < 1.29 is 9.59 Å². The van der Waals surface area contributed by atoms with Crippen molar-refractivity contribution in [2.75, 3.05) is 25.1 Å². The third kappa shape index (κ3) is 5.80. The highest BCUT2D eigenvalue weighted by atomic mass is 35.5. The number of benzene rings is 1. The molecule has 1 saturated heterocycles. The number of nitrogens with zero attached hydrogens (tertiary/aromatic N) is 1. The Bertz CT molecular complexity index is 627. The maximum Gasteiger partial charge on any atom is 0.253 e. The molecule has 1 heterocycles. The molecule has 1 fully saturated rings. The molecule has 2 unspecified atom stereocenters. The van der Waals surface area contributed by atoms with Gasteiger partial charge < -0.3 is 10.2 Å². The zero-order valence-electron chi connectivity index (χ0n) is 14.6. The number of hydrogen-bond acceptors (Lipinski definition) is 3. The highest BCUT2D eigenvalue weighted by Gasteiger charge is 2.29. The molecular formula is C18H24Cl2N2O2S. The Balaban J connectivity index is 2.10. The van der Waals surface area contributed by atoms with Crippen LogP contribution in [0.25, 0.3) is 0 Å². The van der Waals surface area contributed by atoms with E-state index in [0.29, 0.717) is 22.9 Å². The van der Waals surface area contributed by atoms with Gasteiger partial charge in [0, 0.05) is 18.1 Å². The van der Waals surface area contributed by atoms with Gasteiger partial charge in [0.05, 0.1) is 10.6 Å². The van der Waals surface area contributed by atoms with Crippen LogP contribution in [0.5, 0.6) is 0 Å². The molecule has 2 amide bonds. The van der Waals surface area contributed by atoms with Crippen LogP contribution in [-0.2, 0) is 4.79 Å². The summed E-state index contributed by atoms with van der Waals surface area (Å²) in [5.74, 6) is 0.958. The molecule has 1 aromatic rings. The third-order valence-corrected chi connectivity index (χ3v) is 5.55. The van der Waals surface area contributed by atoms with Crippen molar-refractivity contribution in [2.24, 2.45) is 5.92 Å². The summed E-state index contributed by atoms with van der Waals surface area (Å²) in [6, 6.07) is 4.20. The van der Waals surface area contributed by atoms with E-state index >= 15 is 0 Å². The monoisotopic (exact) mass is 402 g/mol. The number of hydrogen-bond donors (Lipinski definition) is 1. The summed E-state index contributed by atoms with van der Waals surface area (Å²) in [5, 5.41) is 3.63. The smallest absolute Gasteiger partial charge is 0.253 e. The number of amides is 2. The fourth-order valence-corrected chi connectivity index (χ4v) is 3.98. The number of likely N-dealkylation sites (tertiary alicyclic amines) is 1. The quantitative estimate of drug-likeness (QED) is 0.778. The van der Waals surface area contributed by atoms with E-state index in [1.807, 2.05) is 11.2 Å². The molecule has 1 aromatic carbocycles. The van der Waals surface area contributed by atoms with Crippen molar-refractivity contribution in [2.45, 2.75) is 32.2 Å². The first-order valence-corrected chi connectivity index (χ1v) is 10.6. The van der Waals surface area contributed by atoms with E-state index in [0.717, 1.165) is 31.7 Å². The SMILES string of the molecule is CSCCC(NC(=O)c1ccc(Cl)cc1Cl)C(=O)N1CCCC(C)C1. The second kappa shape index (κ2) is 9.70. The van der Waals surface area contributed by atoms with Gasteiger partial charge in [-0.1, -0.05) is 30.1 Å². The van der Waals surface area contributed by atoms with Gasteiger partial charge in [-0.2, -0.15) is 11.8 Å². The molecule has 0 bridgehead atoms. The molecule has 2 rings (SSSR count). The summed E-state index contributed by atoms with van der Waals surface area (Å²) >= 11 is 13.7. The number of carbonyl (C=O) groups excluding carboxylic acids is 2. The minimum Gasteiger partial charge on any atom is -0.341 e. The summed E-state index contributed by atoms with van der Waals surface area (Å²) in [5.41, 5.74) is 0.333. The van der Waals surface area contributed by atoms with Crippen LogP contribution in [0, 0.1) is 5.92 Å². The Kier molecular flexibility index (Phi) is 7.91. The average Bonchev–Trinajstić information content (AvgIpc) is 2.57. The second-order valence-corrected chi connectivity index (χ2v) is 8.29. The first kappa shape index (κ1) is 20.4. The van der Waals surface area contributed by atoms with E-state index in [4.69, 9.17) is 23.2 Å². The lowest BCUT2D eigenvalue weighted by atomic mass is 9.99. The Morgan fingerprint density at radius 3 is 2.80 bits per heavy atom. The normalized spacial score (nSPS) is 18.7. The number of rotatable bonds is 6. The van der Waals surface area contributed by atoms with E-state index in [9.17, 15) is 9.59 Å². The minimum absolute atomic E-state index is 0.000893. The Morgan fingerprint density at radius 2 is 2.16 bits per heavy atom. The van der Waals surface area contributed by atoms with Gasteiger partial charge in [-0.15, -0.1) is 0 Å². The summed E-state index contributed by atoms with van der Waals surface area (Å²) in [4.78, 5) is 27.4. The maximum atomic E-state index is 12.9. The molecule has 25 heavy (non-hydrogen) atoms. The topological polar surface area (TPSA) is 49.4 Å². The minimum atomic E-state index is -0.531. The number of thioether (sulfide) groups is 1. The lowest BCUT2D eigenvalue weighted by Gasteiger charge is -2.33. The molecule has 2 atom stereocenters. The van der Waals surface area contributed by atoms with Gasteiger partial charge in [0.25, 0.3) is 5.91 Å². The predicted octanol–water partition coefficient (Wildman–Crippen LogP) is 4.10. The highest BCUT2D eigenvalue weighted by Crippen LogP contribution is 2.22. The summed E-state index contributed by atoms with van der Waals surface area (Å²) < 4.78 is 0. The van der Waals surface area contributed by atoms with Gasteiger partial charge in [-0.3, -0.25) is 9.59 Å². The summed E-state index contributed by atoms with van der Waals surface area (Å²) in [6.45, 7) is 3.67. The van der Waals surface area contributed by atoms with Crippen LogP contribution in [0.3, 0.4) is 0 Å². The third-order valence-electron chi connectivity index (χ3n) is 4.36. The predicted molar refractivity (Wildman–Crippen MR) is 106 cm³/mol. The molecule has 1 aliphatic rings. The highest BCUT2D eigenvalue weighted by molar-refractivity contribution is 7.98. The van der Waals surface area contributed by atoms with Gasteiger partial charge in [0.2, 0.25) is 5.91 Å². The Hall–Kier alpha value is -0.910. The van der Waals surface area contributed by atoms with Gasteiger partial charge in [-0.25, -0.2) is 0 Å². The molecular weight excluding hydrogens is 379 g/mol. The molecule has 4 nitrogen and oxygen atoms in total. The van der Waals surface area contributed by atoms with Crippen LogP contribution >= 0.6 is 35.0 Å². The zero-order valence-corrected chi connectivity index (χ0v) is 16.9. The fraction of sp³-hybridized carbons (Fsp3) is 0.556. The number of piperidine rings is 1. The van der Waals surface area contributed by atoms with Crippen molar-refractivity contribution in [1.82, 2.24) is 10.2 Å². The molecule has 0 aromatic heterocycles. The van der Waals surface area contributed by atoms with E-state index in [2.05, 4.69) is 12.2 Å². The molecule has 0 saturated carbocycles. The molecule has 7 heteroatoms. The number of halogens is 2. The van der Waals surface area contributed by atoms with E-state index in [1.165, 1.54) is 6.07 Å². The zero-order chi connectivity index (χ0) is 18.4. The second-order valence-electron chi connectivity index (χ2n) is 6.46. The molecule has 0 spiro atoms. The molecule has 0 aliphatic carbocycles. The lowest BCUT2D eigenvalue weighted by Crippen LogP contribution is -2.51.